The minimum absolute atomic E-state index is 0.0393. The number of anilines is 1. The number of nitrogens with zero attached hydrogens (tertiary/aromatic N) is 1. The van der Waals surface area contributed by atoms with Gasteiger partial charge in [0.2, 0.25) is 15.9 Å². The minimum Gasteiger partial charge on any atom is -0.311 e. The van der Waals surface area contributed by atoms with Crippen molar-refractivity contribution >= 4 is 21.6 Å². The number of benzene rings is 1. The zero-order valence-corrected chi connectivity index (χ0v) is 12.0. The van der Waals surface area contributed by atoms with E-state index in [-0.39, 0.29) is 24.6 Å². The van der Waals surface area contributed by atoms with Crippen LogP contribution in [0.15, 0.2) is 24.3 Å². The molecule has 20 heavy (non-hydrogen) atoms. The van der Waals surface area contributed by atoms with Crippen molar-refractivity contribution in [2.24, 2.45) is 0 Å². The average molecular weight is 300 g/mol. The van der Waals surface area contributed by atoms with E-state index < -0.39 is 21.9 Å². The van der Waals surface area contributed by atoms with Gasteiger partial charge >= 0.3 is 0 Å². The normalized spacial score (nSPS) is 19.6. The summed E-state index contributed by atoms with van der Waals surface area (Å²) in [6.07, 6.45) is 0.614. The second-order valence-electron chi connectivity index (χ2n) is 4.82. The van der Waals surface area contributed by atoms with E-state index in [4.69, 9.17) is 0 Å². The number of hydrogen-bond acceptors (Lipinski definition) is 3. The van der Waals surface area contributed by atoms with Gasteiger partial charge < -0.3 is 4.90 Å². The van der Waals surface area contributed by atoms with Crippen LogP contribution in [0.3, 0.4) is 0 Å². The highest BCUT2D eigenvalue weighted by Gasteiger charge is 2.32. The van der Waals surface area contributed by atoms with E-state index in [2.05, 4.69) is 4.72 Å². The van der Waals surface area contributed by atoms with Crippen LogP contribution in [0.4, 0.5) is 10.1 Å². The summed E-state index contributed by atoms with van der Waals surface area (Å²) in [4.78, 5) is 13.3. The molecule has 0 aliphatic carbocycles. The Morgan fingerprint density at radius 3 is 2.85 bits per heavy atom. The summed E-state index contributed by atoms with van der Waals surface area (Å²) < 4.78 is 39.1. The maximum Gasteiger partial charge on any atom is 0.228 e. The fourth-order valence-corrected chi connectivity index (χ4v) is 3.58. The van der Waals surface area contributed by atoms with Gasteiger partial charge in [0, 0.05) is 24.7 Å². The molecule has 0 unspecified atom stereocenters. The maximum atomic E-state index is 13.2. The quantitative estimate of drug-likeness (QED) is 0.890. The molecule has 1 heterocycles. The Bertz CT molecular complexity index is 603. The van der Waals surface area contributed by atoms with Crippen molar-refractivity contribution in [3.8, 4) is 0 Å². The highest BCUT2D eigenvalue weighted by molar-refractivity contribution is 7.89. The third-order valence-electron chi connectivity index (χ3n) is 3.06. The fraction of sp³-hybridized carbons (Fsp3) is 0.462. The molecule has 2 rings (SSSR count). The Morgan fingerprint density at radius 1 is 1.45 bits per heavy atom. The van der Waals surface area contributed by atoms with Crippen molar-refractivity contribution < 1.29 is 17.6 Å². The summed E-state index contributed by atoms with van der Waals surface area (Å²) in [5.74, 6) is -0.595. The Kier molecular flexibility index (Phi) is 4.39. The number of rotatable bonds is 5. The molecule has 1 N–H and O–H groups in total. The molecule has 7 heteroatoms. The average Bonchev–Trinajstić information content (AvgIpc) is 2.69. The van der Waals surface area contributed by atoms with Gasteiger partial charge in [-0.2, -0.15) is 0 Å². The van der Waals surface area contributed by atoms with Gasteiger partial charge in [0.15, 0.2) is 0 Å². The second kappa shape index (κ2) is 5.88. The molecular formula is C13H17FN2O3S. The third-order valence-corrected chi connectivity index (χ3v) is 4.70. The molecule has 0 aromatic heterocycles. The van der Waals surface area contributed by atoms with Crippen LogP contribution in [0.1, 0.15) is 19.8 Å². The molecule has 1 saturated heterocycles. The molecule has 1 aromatic rings. The molecule has 0 bridgehead atoms. The van der Waals surface area contributed by atoms with E-state index in [0.29, 0.717) is 12.1 Å². The smallest absolute Gasteiger partial charge is 0.228 e. The lowest BCUT2D eigenvalue weighted by molar-refractivity contribution is -0.117. The molecule has 5 nitrogen and oxygen atoms in total. The highest BCUT2D eigenvalue weighted by Crippen LogP contribution is 2.22. The molecule has 1 atom stereocenters. The minimum atomic E-state index is -3.36. The Labute approximate surface area is 117 Å². The SMILES string of the molecule is CCCS(=O)(=O)N[C@@H]1CC(=O)N(c2cccc(F)c2)C1. The van der Waals surface area contributed by atoms with Crippen molar-refractivity contribution in [1.29, 1.82) is 0 Å². The maximum absolute atomic E-state index is 13.2. The van der Waals surface area contributed by atoms with Gasteiger partial charge in [-0.15, -0.1) is 0 Å². The first kappa shape index (κ1) is 14.9. The summed E-state index contributed by atoms with van der Waals surface area (Å²) in [6, 6.07) is 5.25. The molecular weight excluding hydrogens is 283 g/mol. The third kappa shape index (κ3) is 3.55. The van der Waals surface area contributed by atoms with Gasteiger partial charge in [0.25, 0.3) is 0 Å². The molecule has 0 radical (unpaired) electrons. The topological polar surface area (TPSA) is 66.5 Å². The van der Waals surface area contributed by atoms with E-state index in [9.17, 15) is 17.6 Å². The number of carbonyl (C=O) groups excluding carboxylic acids is 1. The van der Waals surface area contributed by atoms with Gasteiger partial charge in [-0.1, -0.05) is 13.0 Å². The lowest BCUT2D eigenvalue weighted by atomic mass is 10.3. The molecule has 1 aliphatic heterocycles. The zero-order valence-electron chi connectivity index (χ0n) is 11.2. The van der Waals surface area contributed by atoms with Crippen LogP contribution in [0.25, 0.3) is 0 Å². The molecule has 0 spiro atoms. The molecule has 1 fully saturated rings. The number of sulfonamides is 1. The van der Waals surface area contributed by atoms with Crippen LogP contribution in [0.2, 0.25) is 0 Å². The van der Waals surface area contributed by atoms with Gasteiger partial charge in [0.1, 0.15) is 5.82 Å². The number of amides is 1. The molecule has 1 amide bonds. The Morgan fingerprint density at radius 2 is 2.20 bits per heavy atom. The number of nitrogens with one attached hydrogen (secondary N) is 1. The van der Waals surface area contributed by atoms with Crippen molar-refractivity contribution in [3.63, 3.8) is 0 Å². The van der Waals surface area contributed by atoms with E-state index in [0.717, 1.165) is 0 Å². The van der Waals surface area contributed by atoms with E-state index in [1.165, 1.54) is 23.1 Å². The van der Waals surface area contributed by atoms with Crippen LogP contribution in [-0.4, -0.2) is 32.7 Å². The van der Waals surface area contributed by atoms with Crippen molar-refractivity contribution in [2.75, 3.05) is 17.2 Å². The summed E-state index contributed by atoms with van der Waals surface area (Å²) >= 11 is 0. The standard InChI is InChI=1S/C13H17FN2O3S/c1-2-6-20(18,19)15-11-8-13(17)16(9-11)12-5-3-4-10(14)7-12/h3-5,7,11,15H,2,6,8-9H2,1H3/t11-/m1/s1. The molecule has 110 valence electrons. The van der Waals surface area contributed by atoms with Gasteiger partial charge in [-0.3, -0.25) is 4.79 Å². The van der Waals surface area contributed by atoms with Crippen LogP contribution >= 0.6 is 0 Å². The largest absolute Gasteiger partial charge is 0.311 e. The summed E-state index contributed by atoms with van der Waals surface area (Å²) in [6.45, 7) is 2.00. The fourth-order valence-electron chi connectivity index (χ4n) is 2.26. The predicted molar refractivity (Wildman–Crippen MR) is 74.4 cm³/mol. The Hall–Kier alpha value is -1.47. The first-order chi connectivity index (χ1) is 9.41. The van der Waals surface area contributed by atoms with E-state index in [1.807, 2.05) is 0 Å². The summed E-state index contributed by atoms with van der Waals surface area (Å²) in [7, 11) is -3.36. The van der Waals surface area contributed by atoms with Crippen LogP contribution in [-0.2, 0) is 14.8 Å². The number of halogens is 1. The lowest BCUT2D eigenvalue weighted by Crippen LogP contribution is -2.38. The van der Waals surface area contributed by atoms with E-state index in [1.54, 1.807) is 13.0 Å². The van der Waals surface area contributed by atoms with E-state index >= 15 is 0 Å². The number of carbonyl (C=O) groups is 1. The van der Waals surface area contributed by atoms with Crippen molar-refractivity contribution in [1.82, 2.24) is 4.72 Å². The molecule has 1 aliphatic rings. The highest BCUT2D eigenvalue weighted by atomic mass is 32.2. The summed E-state index contributed by atoms with van der Waals surface area (Å²) in [5.41, 5.74) is 0.451. The zero-order chi connectivity index (χ0) is 14.8. The number of hydrogen-bond donors (Lipinski definition) is 1. The van der Waals surface area contributed by atoms with Gasteiger partial charge in [0.05, 0.1) is 5.75 Å². The van der Waals surface area contributed by atoms with Crippen molar-refractivity contribution in [3.05, 3.63) is 30.1 Å². The van der Waals surface area contributed by atoms with Crippen LogP contribution < -0.4 is 9.62 Å². The first-order valence-corrected chi connectivity index (χ1v) is 8.12. The molecule has 1 aromatic carbocycles. The monoisotopic (exact) mass is 300 g/mol. The lowest BCUT2D eigenvalue weighted by Gasteiger charge is -2.17. The first-order valence-electron chi connectivity index (χ1n) is 6.47. The van der Waals surface area contributed by atoms with Gasteiger partial charge in [-0.05, 0) is 24.6 Å². The predicted octanol–water partition coefficient (Wildman–Crippen LogP) is 1.26. The van der Waals surface area contributed by atoms with Crippen molar-refractivity contribution in [2.45, 2.75) is 25.8 Å². The Balaban J connectivity index is 2.08. The van der Waals surface area contributed by atoms with Crippen LogP contribution in [0.5, 0.6) is 0 Å². The van der Waals surface area contributed by atoms with Crippen LogP contribution in [0, 0.1) is 5.82 Å². The summed E-state index contributed by atoms with van der Waals surface area (Å²) in [5, 5.41) is 0. The second-order valence-corrected chi connectivity index (χ2v) is 6.70. The van der Waals surface area contributed by atoms with Gasteiger partial charge in [-0.25, -0.2) is 17.5 Å². The molecule has 0 saturated carbocycles.